The Morgan fingerprint density at radius 3 is 2.69 bits per heavy atom. The molecule has 1 saturated heterocycles. The van der Waals surface area contributed by atoms with Crippen LogP contribution in [0.25, 0.3) is 11.3 Å². The normalized spacial score (nSPS) is 22.7. The lowest BCUT2D eigenvalue weighted by Gasteiger charge is -2.33. The van der Waals surface area contributed by atoms with Gasteiger partial charge in [0.15, 0.2) is 0 Å². The van der Waals surface area contributed by atoms with Crippen molar-refractivity contribution in [3.63, 3.8) is 0 Å². The van der Waals surface area contributed by atoms with Crippen LogP contribution in [0.3, 0.4) is 0 Å². The fourth-order valence-corrected chi connectivity index (χ4v) is 4.45. The molecule has 1 saturated carbocycles. The van der Waals surface area contributed by atoms with Crippen molar-refractivity contribution in [3.8, 4) is 17.1 Å². The molecule has 0 spiro atoms. The largest absolute Gasteiger partial charge is 0.472 e. The summed E-state index contributed by atoms with van der Waals surface area (Å²) < 4.78 is 6.16. The van der Waals surface area contributed by atoms with Crippen LogP contribution in [0, 0.1) is 12.8 Å². The summed E-state index contributed by atoms with van der Waals surface area (Å²) in [6, 6.07) is 13.4. The van der Waals surface area contributed by atoms with E-state index in [0.29, 0.717) is 17.5 Å². The van der Waals surface area contributed by atoms with E-state index in [4.69, 9.17) is 4.74 Å². The Morgan fingerprint density at radius 1 is 1.03 bits per heavy atom. The molecule has 4 heterocycles. The van der Waals surface area contributed by atoms with Crippen LogP contribution < -0.4 is 4.74 Å². The van der Waals surface area contributed by atoms with Crippen LogP contribution >= 0.6 is 0 Å². The van der Waals surface area contributed by atoms with E-state index in [1.807, 2.05) is 54.3 Å². The zero-order valence-corrected chi connectivity index (χ0v) is 16.2. The SMILES string of the molecule is Cc1ccc(OC2CC3CC2N(C(=O)c2ncccc2-c2ccccn2)C3)nc1. The number of piperidine rings is 1. The van der Waals surface area contributed by atoms with Crippen LogP contribution in [0.15, 0.2) is 61.1 Å². The molecule has 146 valence electrons. The van der Waals surface area contributed by atoms with Crippen LogP contribution in [0.4, 0.5) is 0 Å². The van der Waals surface area contributed by atoms with Gasteiger partial charge in [0, 0.05) is 36.8 Å². The number of carbonyl (C=O) groups is 1. The number of amides is 1. The Hall–Kier alpha value is -3.28. The lowest BCUT2D eigenvalue weighted by Crippen LogP contribution is -2.47. The minimum Gasteiger partial charge on any atom is -0.472 e. The van der Waals surface area contributed by atoms with Gasteiger partial charge >= 0.3 is 0 Å². The summed E-state index contributed by atoms with van der Waals surface area (Å²) in [5.41, 5.74) is 3.06. The highest BCUT2D eigenvalue weighted by atomic mass is 16.5. The molecule has 0 aromatic carbocycles. The van der Waals surface area contributed by atoms with Gasteiger partial charge in [0.1, 0.15) is 11.8 Å². The monoisotopic (exact) mass is 386 g/mol. The lowest BCUT2D eigenvalue weighted by atomic mass is 10.0. The molecular formula is C23H22N4O2. The minimum absolute atomic E-state index is 0.0325. The van der Waals surface area contributed by atoms with Crippen molar-refractivity contribution in [2.24, 2.45) is 5.92 Å². The van der Waals surface area contributed by atoms with Crippen molar-refractivity contribution in [1.29, 1.82) is 0 Å². The zero-order chi connectivity index (χ0) is 19.8. The van der Waals surface area contributed by atoms with Gasteiger partial charge in [-0.25, -0.2) is 4.98 Å². The van der Waals surface area contributed by atoms with Gasteiger partial charge in [-0.2, -0.15) is 0 Å². The first-order valence-corrected chi connectivity index (χ1v) is 9.96. The second-order valence-corrected chi connectivity index (χ2v) is 7.81. The lowest BCUT2D eigenvalue weighted by molar-refractivity contribution is 0.0462. The number of nitrogens with zero attached hydrogens (tertiary/aromatic N) is 4. The maximum Gasteiger partial charge on any atom is 0.273 e. The molecule has 1 amide bonds. The Morgan fingerprint density at radius 2 is 1.93 bits per heavy atom. The average Bonchev–Trinajstić information content (AvgIpc) is 3.36. The highest BCUT2D eigenvalue weighted by Crippen LogP contribution is 2.40. The Bertz CT molecular complexity index is 1020. The summed E-state index contributed by atoms with van der Waals surface area (Å²) in [5, 5.41) is 0. The van der Waals surface area contributed by atoms with E-state index < -0.39 is 0 Å². The fraction of sp³-hybridized carbons (Fsp3) is 0.304. The first-order valence-electron chi connectivity index (χ1n) is 9.96. The summed E-state index contributed by atoms with van der Waals surface area (Å²) in [5.74, 6) is 1.03. The Balaban J connectivity index is 1.39. The van der Waals surface area contributed by atoms with Crippen molar-refractivity contribution in [2.75, 3.05) is 6.54 Å². The number of rotatable bonds is 4. The first kappa shape index (κ1) is 17.8. The number of carbonyl (C=O) groups excluding carboxylic acids is 1. The third-order valence-electron chi connectivity index (χ3n) is 5.79. The van der Waals surface area contributed by atoms with E-state index in [9.17, 15) is 4.79 Å². The van der Waals surface area contributed by atoms with Gasteiger partial charge in [0.25, 0.3) is 5.91 Å². The van der Waals surface area contributed by atoms with E-state index in [0.717, 1.165) is 36.2 Å². The fourth-order valence-electron chi connectivity index (χ4n) is 4.45. The number of likely N-dealkylation sites (tertiary alicyclic amines) is 1. The number of fused-ring (bicyclic) bond motifs is 2. The maximum absolute atomic E-state index is 13.4. The number of aromatic nitrogens is 3. The third kappa shape index (κ3) is 3.35. The predicted octanol–water partition coefficient (Wildman–Crippen LogP) is 3.53. The van der Waals surface area contributed by atoms with Crippen LogP contribution in [0.2, 0.25) is 0 Å². The topological polar surface area (TPSA) is 68.2 Å². The molecule has 3 unspecified atom stereocenters. The smallest absolute Gasteiger partial charge is 0.273 e. The molecule has 2 fully saturated rings. The van der Waals surface area contributed by atoms with Crippen LogP contribution in [-0.4, -0.2) is 44.4 Å². The molecule has 0 N–H and O–H groups in total. The average molecular weight is 386 g/mol. The van der Waals surface area contributed by atoms with Gasteiger partial charge in [0.2, 0.25) is 5.88 Å². The molecule has 3 aromatic heterocycles. The van der Waals surface area contributed by atoms with Crippen LogP contribution in [0.1, 0.15) is 28.9 Å². The van der Waals surface area contributed by atoms with Gasteiger partial charge < -0.3 is 9.64 Å². The van der Waals surface area contributed by atoms with E-state index in [1.54, 1.807) is 18.6 Å². The van der Waals surface area contributed by atoms with Crippen LogP contribution in [-0.2, 0) is 0 Å². The molecule has 3 aromatic rings. The number of ether oxygens (including phenoxy) is 1. The molecule has 6 heteroatoms. The summed E-state index contributed by atoms with van der Waals surface area (Å²) in [4.78, 5) is 28.5. The van der Waals surface area contributed by atoms with Crippen molar-refractivity contribution in [3.05, 3.63) is 72.3 Å². The maximum atomic E-state index is 13.4. The third-order valence-corrected chi connectivity index (χ3v) is 5.79. The van der Waals surface area contributed by atoms with E-state index in [2.05, 4.69) is 15.0 Å². The standard InChI is InChI=1S/C23H22N4O2/c1-15-7-8-21(26-13-15)29-20-12-16-11-19(20)27(14-16)23(28)22-17(5-4-10-25-22)18-6-2-3-9-24-18/h2-10,13,16,19-20H,11-12,14H2,1H3. The number of hydrogen-bond donors (Lipinski definition) is 0. The number of pyridine rings is 3. The molecule has 1 aliphatic carbocycles. The molecule has 6 nitrogen and oxygen atoms in total. The molecule has 29 heavy (non-hydrogen) atoms. The Kier molecular flexibility index (Phi) is 4.46. The second kappa shape index (κ2) is 7.28. The van der Waals surface area contributed by atoms with Crippen molar-refractivity contribution in [2.45, 2.75) is 31.9 Å². The number of hydrogen-bond acceptors (Lipinski definition) is 5. The van der Waals surface area contributed by atoms with E-state index >= 15 is 0 Å². The summed E-state index contributed by atoms with van der Waals surface area (Å²) >= 11 is 0. The molecule has 2 aliphatic rings. The molecule has 5 rings (SSSR count). The summed E-state index contributed by atoms with van der Waals surface area (Å²) in [6.07, 6.45) is 7.09. The van der Waals surface area contributed by atoms with Gasteiger partial charge in [-0.1, -0.05) is 12.1 Å². The molecule has 1 aliphatic heterocycles. The highest BCUT2D eigenvalue weighted by Gasteiger charge is 2.49. The summed E-state index contributed by atoms with van der Waals surface area (Å²) in [6.45, 7) is 2.75. The van der Waals surface area contributed by atoms with Crippen molar-refractivity contribution < 1.29 is 9.53 Å². The molecule has 2 bridgehead atoms. The van der Waals surface area contributed by atoms with Gasteiger partial charge in [-0.3, -0.25) is 14.8 Å². The zero-order valence-electron chi connectivity index (χ0n) is 16.2. The summed E-state index contributed by atoms with van der Waals surface area (Å²) in [7, 11) is 0. The van der Waals surface area contributed by atoms with Crippen LogP contribution in [0.5, 0.6) is 5.88 Å². The van der Waals surface area contributed by atoms with Gasteiger partial charge in [-0.05, 0) is 55.5 Å². The quantitative estimate of drug-likeness (QED) is 0.686. The second-order valence-electron chi connectivity index (χ2n) is 7.81. The van der Waals surface area contributed by atoms with E-state index in [1.165, 1.54) is 0 Å². The van der Waals surface area contributed by atoms with Gasteiger partial charge in [0.05, 0.1) is 11.7 Å². The van der Waals surface area contributed by atoms with Gasteiger partial charge in [-0.15, -0.1) is 0 Å². The molecule has 0 radical (unpaired) electrons. The minimum atomic E-state index is -0.0519. The molecule has 3 atom stereocenters. The molecular weight excluding hydrogens is 364 g/mol. The number of aryl methyl sites for hydroxylation is 1. The highest BCUT2D eigenvalue weighted by molar-refractivity contribution is 5.99. The van der Waals surface area contributed by atoms with E-state index in [-0.39, 0.29) is 18.1 Å². The first-order chi connectivity index (χ1) is 14.2. The Labute approximate surface area is 169 Å². The van der Waals surface area contributed by atoms with Crippen molar-refractivity contribution in [1.82, 2.24) is 19.9 Å². The van der Waals surface area contributed by atoms with Crippen molar-refractivity contribution >= 4 is 5.91 Å². The predicted molar refractivity (Wildman–Crippen MR) is 108 cm³/mol.